The molecule has 6 nitrogen and oxygen atoms in total. The lowest BCUT2D eigenvalue weighted by Crippen LogP contribution is -2.23. The van der Waals surface area contributed by atoms with Gasteiger partial charge in [0.05, 0.1) is 5.56 Å². The average Bonchev–Trinajstić information content (AvgIpc) is 3.22. The summed E-state index contributed by atoms with van der Waals surface area (Å²) >= 11 is 0. The van der Waals surface area contributed by atoms with E-state index in [2.05, 4.69) is 15.5 Å². The summed E-state index contributed by atoms with van der Waals surface area (Å²) in [5.74, 6) is -0.669. The van der Waals surface area contributed by atoms with E-state index in [4.69, 9.17) is 5.11 Å². The van der Waals surface area contributed by atoms with Crippen LogP contribution in [0.3, 0.4) is 0 Å². The number of carboxylic acids is 1. The normalized spacial score (nSPS) is 13.9. The second-order valence-corrected chi connectivity index (χ2v) is 5.17. The van der Waals surface area contributed by atoms with Crippen molar-refractivity contribution in [3.8, 4) is 0 Å². The second kappa shape index (κ2) is 5.40. The topological polar surface area (TPSA) is 95.1 Å². The Kier molecular flexibility index (Phi) is 3.43. The fourth-order valence-corrected chi connectivity index (χ4v) is 2.09. The summed E-state index contributed by atoms with van der Waals surface area (Å²) in [6.45, 7) is 0.338. The highest BCUT2D eigenvalue weighted by atomic mass is 16.4. The summed E-state index contributed by atoms with van der Waals surface area (Å²) in [7, 11) is 0. The minimum Gasteiger partial charge on any atom is -0.478 e. The Morgan fingerprint density at radius 1 is 1.29 bits per heavy atom. The van der Waals surface area contributed by atoms with E-state index < -0.39 is 5.97 Å². The van der Waals surface area contributed by atoms with Crippen molar-refractivity contribution in [3.63, 3.8) is 0 Å². The molecule has 1 heterocycles. The number of carbonyl (C=O) groups excluding carboxylic acids is 1. The minimum atomic E-state index is -0.963. The highest BCUT2D eigenvalue weighted by Crippen LogP contribution is 2.38. The molecule has 1 aromatic heterocycles. The number of hydrogen-bond acceptors (Lipinski definition) is 3. The molecule has 21 heavy (non-hydrogen) atoms. The van der Waals surface area contributed by atoms with Crippen molar-refractivity contribution in [2.45, 2.75) is 25.3 Å². The Bertz CT molecular complexity index is 672. The predicted octanol–water partition coefficient (Wildman–Crippen LogP) is 1.92. The number of hydrogen-bond donors (Lipinski definition) is 3. The van der Waals surface area contributed by atoms with Crippen LogP contribution >= 0.6 is 0 Å². The molecule has 0 radical (unpaired) electrons. The maximum atomic E-state index is 12.0. The van der Waals surface area contributed by atoms with Crippen molar-refractivity contribution in [2.24, 2.45) is 0 Å². The molecule has 3 rings (SSSR count). The van der Waals surface area contributed by atoms with E-state index >= 15 is 0 Å². The smallest absolute Gasteiger partial charge is 0.335 e. The van der Waals surface area contributed by atoms with Crippen LogP contribution < -0.4 is 5.32 Å². The molecule has 1 saturated carbocycles. The van der Waals surface area contributed by atoms with Crippen LogP contribution in [0.5, 0.6) is 0 Å². The first kappa shape index (κ1) is 13.4. The predicted molar refractivity (Wildman–Crippen MR) is 75.1 cm³/mol. The number of aromatic amines is 1. The summed E-state index contributed by atoms with van der Waals surface area (Å²) in [6.07, 6.45) is 2.30. The summed E-state index contributed by atoms with van der Waals surface area (Å²) < 4.78 is 0. The maximum absolute atomic E-state index is 12.0. The van der Waals surface area contributed by atoms with E-state index in [1.54, 1.807) is 18.2 Å². The quantitative estimate of drug-likeness (QED) is 0.782. The maximum Gasteiger partial charge on any atom is 0.335 e. The molecule has 0 atom stereocenters. The molecule has 1 aromatic carbocycles. The van der Waals surface area contributed by atoms with Gasteiger partial charge in [0, 0.05) is 18.2 Å². The van der Waals surface area contributed by atoms with Crippen LogP contribution in [0.4, 0.5) is 0 Å². The molecule has 1 aliphatic carbocycles. The van der Waals surface area contributed by atoms with Crippen LogP contribution in [0.2, 0.25) is 0 Å². The molecule has 2 aromatic rings. The van der Waals surface area contributed by atoms with Crippen LogP contribution in [0.1, 0.15) is 50.9 Å². The number of carboxylic acid groups (broad SMARTS) is 1. The molecule has 0 saturated heterocycles. The van der Waals surface area contributed by atoms with Crippen LogP contribution in [-0.4, -0.2) is 27.2 Å². The number of nitrogens with zero attached hydrogens (tertiary/aromatic N) is 1. The molecule has 0 spiro atoms. The van der Waals surface area contributed by atoms with Crippen molar-refractivity contribution < 1.29 is 14.7 Å². The summed E-state index contributed by atoms with van der Waals surface area (Å²) in [4.78, 5) is 22.7. The molecular weight excluding hydrogens is 270 g/mol. The fourth-order valence-electron chi connectivity index (χ4n) is 2.09. The number of rotatable bonds is 5. The Hall–Kier alpha value is -2.63. The van der Waals surface area contributed by atoms with Gasteiger partial charge in [-0.25, -0.2) is 4.79 Å². The van der Waals surface area contributed by atoms with Crippen LogP contribution in [-0.2, 0) is 6.54 Å². The van der Waals surface area contributed by atoms with Gasteiger partial charge in [-0.2, -0.15) is 5.10 Å². The molecule has 0 aliphatic heterocycles. The SMILES string of the molecule is O=C(O)c1ccc(CNC(=O)c2cc(C3CC3)[nH]n2)cc1. The van der Waals surface area contributed by atoms with Crippen LogP contribution in [0.25, 0.3) is 0 Å². The molecular formula is C15H15N3O3. The number of benzene rings is 1. The van der Waals surface area contributed by atoms with E-state index in [1.165, 1.54) is 12.1 Å². The van der Waals surface area contributed by atoms with Crippen molar-refractivity contribution in [1.82, 2.24) is 15.5 Å². The lowest BCUT2D eigenvalue weighted by Gasteiger charge is -2.03. The molecule has 0 unspecified atom stereocenters. The van der Waals surface area contributed by atoms with E-state index in [0.717, 1.165) is 24.1 Å². The van der Waals surface area contributed by atoms with Gasteiger partial charge in [0.2, 0.25) is 0 Å². The van der Waals surface area contributed by atoms with Crippen LogP contribution in [0, 0.1) is 0 Å². The minimum absolute atomic E-state index is 0.228. The van der Waals surface area contributed by atoms with Gasteiger partial charge in [-0.05, 0) is 36.6 Å². The highest BCUT2D eigenvalue weighted by Gasteiger charge is 2.26. The van der Waals surface area contributed by atoms with Gasteiger partial charge < -0.3 is 10.4 Å². The first-order valence-corrected chi connectivity index (χ1v) is 6.79. The number of aromatic carboxylic acids is 1. The average molecular weight is 285 g/mol. The molecule has 1 fully saturated rings. The molecule has 108 valence electrons. The van der Waals surface area contributed by atoms with Gasteiger partial charge in [-0.3, -0.25) is 9.89 Å². The van der Waals surface area contributed by atoms with Crippen molar-refractivity contribution >= 4 is 11.9 Å². The molecule has 6 heteroatoms. The third-order valence-corrected chi connectivity index (χ3v) is 3.50. The monoisotopic (exact) mass is 285 g/mol. The van der Waals surface area contributed by atoms with E-state index in [-0.39, 0.29) is 11.5 Å². The zero-order valence-electron chi connectivity index (χ0n) is 11.3. The second-order valence-electron chi connectivity index (χ2n) is 5.17. The van der Waals surface area contributed by atoms with Crippen molar-refractivity contribution in [3.05, 3.63) is 52.8 Å². The Morgan fingerprint density at radius 2 is 2.00 bits per heavy atom. The third-order valence-electron chi connectivity index (χ3n) is 3.50. The number of H-pyrrole nitrogens is 1. The molecule has 1 amide bonds. The van der Waals surface area contributed by atoms with E-state index in [9.17, 15) is 9.59 Å². The van der Waals surface area contributed by atoms with Gasteiger partial charge in [0.15, 0.2) is 0 Å². The standard InChI is InChI=1S/C15H15N3O3/c19-14(13-7-12(17-18-13)10-5-6-10)16-8-9-1-3-11(4-2-9)15(20)21/h1-4,7,10H,5-6,8H2,(H,16,19)(H,17,18)(H,20,21). The zero-order chi connectivity index (χ0) is 14.8. The highest BCUT2D eigenvalue weighted by molar-refractivity contribution is 5.92. The van der Waals surface area contributed by atoms with Gasteiger partial charge in [0.25, 0.3) is 5.91 Å². The van der Waals surface area contributed by atoms with Gasteiger partial charge in [-0.15, -0.1) is 0 Å². The number of carbonyl (C=O) groups is 2. The van der Waals surface area contributed by atoms with Crippen molar-refractivity contribution in [2.75, 3.05) is 0 Å². The molecule has 3 N–H and O–H groups in total. The summed E-state index contributed by atoms with van der Waals surface area (Å²) in [6, 6.07) is 8.20. The van der Waals surface area contributed by atoms with E-state index in [1.807, 2.05) is 0 Å². The van der Waals surface area contributed by atoms with Gasteiger partial charge in [0.1, 0.15) is 5.69 Å². The summed E-state index contributed by atoms with van der Waals surface area (Å²) in [5, 5.41) is 18.5. The van der Waals surface area contributed by atoms with Gasteiger partial charge >= 0.3 is 5.97 Å². The third kappa shape index (κ3) is 3.10. The largest absolute Gasteiger partial charge is 0.478 e. The Balaban J connectivity index is 1.58. The Morgan fingerprint density at radius 3 is 2.62 bits per heavy atom. The first-order chi connectivity index (χ1) is 10.1. The van der Waals surface area contributed by atoms with Crippen molar-refractivity contribution in [1.29, 1.82) is 0 Å². The number of aromatic nitrogens is 2. The summed E-state index contributed by atoms with van der Waals surface area (Å²) in [5.41, 5.74) is 2.47. The lowest BCUT2D eigenvalue weighted by molar-refractivity contribution is 0.0696. The first-order valence-electron chi connectivity index (χ1n) is 6.79. The fraction of sp³-hybridized carbons (Fsp3) is 0.267. The lowest BCUT2D eigenvalue weighted by atomic mass is 10.1. The Labute approximate surface area is 121 Å². The van der Waals surface area contributed by atoms with Crippen LogP contribution in [0.15, 0.2) is 30.3 Å². The van der Waals surface area contributed by atoms with E-state index in [0.29, 0.717) is 18.2 Å². The zero-order valence-corrected chi connectivity index (χ0v) is 11.3. The van der Waals surface area contributed by atoms with Gasteiger partial charge in [-0.1, -0.05) is 12.1 Å². The molecule has 1 aliphatic rings. The number of nitrogens with one attached hydrogen (secondary N) is 2. The molecule has 0 bridgehead atoms. The number of amides is 1.